The summed E-state index contributed by atoms with van der Waals surface area (Å²) < 4.78 is 16.8. The van der Waals surface area contributed by atoms with Crippen LogP contribution < -0.4 is 5.32 Å². The van der Waals surface area contributed by atoms with Crippen LogP contribution in [0, 0.1) is 6.92 Å². The Balaban J connectivity index is 1.69. The summed E-state index contributed by atoms with van der Waals surface area (Å²) in [6, 6.07) is 0. The molecule has 0 radical (unpaired) electrons. The summed E-state index contributed by atoms with van der Waals surface area (Å²) in [5.74, 6) is 0.0365. The second-order valence-electron chi connectivity index (χ2n) is 8.93. The van der Waals surface area contributed by atoms with Crippen LogP contribution in [-0.4, -0.2) is 76.0 Å². The van der Waals surface area contributed by atoms with E-state index in [1.807, 2.05) is 13.8 Å². The molecule has 1 aromatic heterocycles. The molecule has 2 N–H and O–H groups in total. The van der Waals surface area contributed by atoms with Crippen LogP contribution in [-0.2, 0) is 14.3 Å². The van der Waals surface area contributed by atoms with Gasteiger partial charge in [0.2, 0.25) is 0 Å². The molecule has 9 heteroatoms. The van der Waals surface area contributed by atoms with Gasteiger partial charge in [-0.25, -0.2) is 4.98 Å². The molecule has 168 valence electrons. The average Bonchev–Trinajstić information content (AvgIpc) is 3.12. The summed E-state index contributed by atoms with van der Waals surface area (Å²) in [4.78, 5) is 31.2. The molecule has 0 aliphatic carbocycles. The number of carbonyl (C=O) groups is 2. The maximum absolute atomic E-state index is 12.8. The topological polar surface area (TPSA) is 114 Å². The first kappa shape index (κ1) is 22.7. The monoisotopic (exact) mass is 423 g/mol. The number of hydrogen-bond acceptors (Lipinski definition) is 7. The van der Waals surface area contributed by atoms with E-state index in [9.17, 15) is 14.7 Å². The highest BCUT2D eigenvalue weighted by Gasteiger charge is 2.55. The summed E-state index contributed by atoms with van der Waals surface area (Å²) >= 11 is 0. The molecule has 0 aromatic carbocycles. The fourth-order valence-electron chi connectivity index (χ4n) is 4.40. The second-order valence-corrected chi connectivity index (χ2v) is 8.93. The Morgan fingerprint density at radius 2 is 2.03 bits per heavy atom. The van der Waals surface area contributed by atoms with Crippen molar-refractivity contribution in [3.63, 3.8) is 0 Å². The number of nitrogens with one attached hydrogen (secondary N) is 1. The third-order valence-corrected chi connectivity index (χ3v) is 6.41. The van der Waals surface area contributed by atoms with Gasteiger partial charge in [0.05, 0.1) is 11.1 Å². The van der Waals surface area contributed by atoms with Crippen LogP contribution in [0.15, 0.2) is 10.8 Å². The number of aryl methyl sites for hydroxylation is 1. The second kappa shape index (κ2) is 8.28. The van der Waals surface area contributed by atoms with E-state index in [2.05, 4.69) is 10.3 Å². The van der Waals surface area contributed by atoms with Gasteiger partial charge in [-0.3, -0.25) is 9.59 Å². The number of aliphatic hydroxyl groups excluding tert-OH is 1. The number of oxazole rings is 1. The van der Waals surface area contributed by atoms with Crippen molar-refractivity contribution in [2.24, 2.45) is 0 Å². The van der Waals surface area contributed by atoms with E-state index in [-0.39, 0.29) is 11.8 Å². The molecule has 2 atom stereocenters. The van der Waals surface area contributed by atoms with Gasteiger partial charge < -0.3 is 29.2 Å². The molecule has 0 unspecified atom stereocenters. The highest BCUT2D eigenvalue weighted by molar-refractivity contribution is 5.93. The minimum atomic E-state index is -0.992. The SMILES string of the molecule is CCOC(C)(C)C(=O)N[C@]1(C)CCOC2(CCN(C(=O)c3ncoc3C)CC2)[C@H]1O. The Morgan fingerprint density at radius 1 is 1.37 bits per heavy atom. The molecule has 3 heterocycles. The number of rotatable bonds is 5. The minimum absolute atomic E-state index is 0.184. The van der Waals surface area contributed by atoms with Gasteiger partial charge in [0.25, 0.3) is 11.8 Å². The number of amides is 2. The molecular formula is C21H33N3O6. The molecular weight excluding hydrogens is 390 g/mol. The van der Waals surface area contributed by atoms with Crippen LogP contribution in [0.3, 0.4) is 0 Å². The molecule has 2 aliphatic heterocycles. The molecule has 3 rings (SSSR count). The van der Waals surface area contributed by atoms with E-state index in [0.29, 0.717) is 57.0 Å². The fraction of sp³-hybridized carbons (Fsp3) is 0.762. The Morgan fingerprint density at radius 3 is 2.60 bits per heavy atom. The lowest BCUT2D eigenvalue weighted by Gasteiger charge is -2.53. The smallest absolute Gasteiger partial charge is 0.276 e. The molecule has 1 spiro atoms. The van der Waals surface area contributed by atoms with E-state index in [1.54, 1.807) is 25.7 Å². The lowest BCUT2D eigenvalue weighted by molar-refractivity contribution is -0.207. The Kier molecular flexibility index (Phi) is 6.27. The van der Waals surface area contributed by atoms with E-state index >= 15 is 0 Å². The van der Waals surface area contributed by atoms with Crippen LogP contribution >= 0.6 is 0 Å². The molecule has 0 saturated carbocycles. The number of carbonyl (C=O) groups excluding carboxylic acids is 2. The summed E-state index contributed by atoms with van der Waals surface area (Å²) in [6.45, 7) is 10.5. The van der Waals surface area contributed by atoms with Gasteiger partial charge in [-0.15, -0.1) is 0 Å². The van der Waals surface area contributed by atoms with Crippen LogP contribution in [0.4, 0.5) is 0 Å². The number of nitrogens with zero attached hydrogens (tertiary/aromatic N) is 2. The first-order chi connectivity index (χ1) is 14.0. The van der Waals surface area contributed by atoms with Crippen molar-refractivity contribution in [1.82, 2.24) is 15.2 Å². The maximum atomic E-state index is 12.8. The van der Waals surface area contributed by atoms with Crippen molar-refractivity contribution in [3.05, 3.63) is 17.8 Å². The lowest BCUT2D eigenvalue weighted by atomic mass is 9.73. The van der Waals surface area contributed by atoms with Gasteiger partial charge in [0.1, 0.15) is 17.5 Å². The number of likely N-dealkylation sites (tertiary alicyclic amines) is 1. The van der Waals surface area contributed by atoms with Gasteiger partial charge in [-0.1, -0.05) is 0 Å². The molecule has 1 aromatic rings. The number of hydrogen-bond donors (Lipinski definition) is 2. The van der Waals surface area contributed by atoms with Crippen molar-refractivity contribution < 1.29 is 28.6 Å². The van der Waals surface area contributed by atoms with Crippen molar-refractivity contribution >= 4 is 11.8 Å². The van der Waals surface area contributed by atoms with E-state index in [0.717, 1.165) is 0 Å². The molecule has 9 nitrogen and oxygen atoms in total. The van der Waals surface area contributed by atoms with Gasteiger partial charge in [0, 0.05) is 26.3 Å². The van der Waals surface area contributed by atoms with Crippen molar-refractivity contribution in [1.29, 1.82) is 0 Å². The van der Waals surface area contributed by atoms with Gasteiger partial charge >= 0.3 is 0 Å². The highest BCUT2D eigenvalue weighted by atomic mass is 16.5. The molecule has 30 heavy (non-hydrogen) atoms. The normalized spacial score (nSPS) is 26.6. The number of aromatic nitrogens is 1. The van der Waals surface area contributed by atoms with Gasteiger partial charge in [-0.05, 0) is 53.9 Å². The average molecular weight is 424 g/mol. The van der Waals surface area contributed by atoms with Crippen molar-refractivity contribution in [3.8, 4) is 0 Å². The summed E-state index contributed by atoms with van der Waals surface area (Å²) in [5.41, 5.74) is -2.34. The van der Waals surface area contributed by atoms with Crippen molar-refractivity contribution in [2.75, 3.05) is 26.3 Å². The maximum Gasteiger partial charge on any atom is 0.276 e. The zero-order valence-corrected chi connectivity index (χ0v) is 18.5. The number of ether oxygens (including phenoxy) is 2. The summed E-state index contributed by atoms with van der Waals surface area (Å²) in [6.07, 6.45) is 1.78. The largest absolute Gasteiger partial charge is 0.448 e. The fourth-order valence-corrected chi connectivity index (χ4v) is 4.40. The van der Waals surface area contributed by atoms with Crippen LogP contribution in [0.2, 0.25) is 0 Å². The van der Waals surface area contributed by atoms with Crippen LogP contribution in [0.1, 0.15) is 63.2 Å². The quantitative estimate of drug-likeness (QED) is 0.736. The Labute approximate surface area is 177 Å². The predicted octanol–water partition coefficient (Wildman–Crippen LogP) is 1.43. The first-order valence-corrected chi connectivity index (χ1v) is 10.5. The van der Waals surface area contributed by atoms with Gasteiger partial charge in [-0.2, -0.15) is 0 Å². The lowest BCUT2D eigenvalue weighted by Crippen LogP contribution is -2.70. The van der Waals surface area contributed by atoms with E-state index in [1.165, 1.54) is 6.39 Å². The Hall–Kier alpha value is -1.97. The molecule has 2 aliphatic rings. The predicted molar refractivity (Wildman–Crippen MR) is 108 cm³/mol. The third kappa shape index (κ3) is 4.10. The van der Waals surface area contributed by atoms with Crippen molar-refractivity contribution in [2.45, 2.75) is 76.7 Å². The van der Waals surface area contributed by atoms with E-state index < -0.39 is 22.8 Å². The zero-order chi connectivity index (χ0) is 22.2. The molecule has 2 fully saturated rings. The molecule has 2 saturated heterocycles. The van der Waals surface area contributed by atoms with Crippen LogP contribution in [0.5, 0.6) is 0 Å². The third-order valence-electron chi connectivity index (χ3n) is 6.41. The van der Waals surface area contributed by atoms with E-state index in [4.69, 9.17) is 13.9 Å². The standard InChI is InChI=1S/C21H33N3O6/c1-6-29-19(3,4)18(27)23-20(5)9-12-30-21(17(20)26)7-10-24(11-8-21)16(25)15-14(2)28-13-22-15/h13,17,26H,6-12H2,1-5H3,(H,23,27)/t17-,20+/m0/s1. The first-order valence-electron chi connectivity index (χ1n) is 10.5. The highest BCUT2D eigenvalue weighted by Crippen LogP contribution is 2.40. The zero-order valence-electron chi connectivity index (χ0n) is 18.5. The molecule has 2 amide bonds. The Bertz CT molecular complexity index is 783. The summed E-state index contributed by atoms with van der Waals surface area (Å²) in [5, 5.41) is 14.3. The molecule has 0 bridgehead atoms. The minimum Gasteiger partial charge on any atom is -0.448 e. The number of piperidine rings is 1. The van der Waals surface area contributed by atoms with Gasteiger partial charge in [0.15, 0.2) is 12.1 Å². The summed E-state index contributed by atoms with van der Waals surface area (Å²) in [7, 11) is 0. The van der Waals surface area contributed by atoms with Crippen LogP contribution in [0.25, 0.3) is 0 Å². The number of aliphatic hydroxyl groups is 1.